The van der Waals surface area contributed by atoms with Gasteiger partial charge < -0.3 is 14.6 Å². The van der Waals surface area contributed by atoms with Crippen molar-refractivity contribution >= 4 is 34.0 Å². The van der Waals surface area contributed by atoms with E-state index in [4.69, 9.17) is 4.74 Å². The molecular formula is C24H27N5O2S2. The lowest BCUT2D eigenvalue weighted by Crippen LogP contribution is -2.15. The minimum atomic E-state index is -0.150. The second kappa shape index (κ2) is 10.4. The molecule has 4 rings (SSSR count). The number of fused-ring (bicyclic) bond motifs is 1. The average molecular weight is 482 g/mol. The predicted molar refractivity (Wildman–Crippen MR) is 131 cm³/mol. The van der Waals surface area contributed by atoms with Gasteiger partial charge in [0.1, 0.15) is 23.4 Å². The van der Waals surface area contributed by atoms with Gasteiger partial charge in [-0.15, -0.1) is 21.5 Å². The molecule has 1 aliphatic carbocycles. The van der Waals surface area contributed by atoms with Gasteiger partial charge in [-0.25, -0.2) is 0 Å². The van der Waals surface area contributed by atoms with Crippen LogP contribution >= 0.6 is 23.1 Å². The van der Waals surface area contributed by atoms with Crippen LogP contribution in [-0.4, -0.2) is 26.4 Å². The summed E-state index contributed by atoms with van der Waals surface area (Å²) in [6.07, 6.45) is 4.18. The number of nitrogens with zero attached hydrogens (tertiary/aromatic N) is 4. The number of nitrogens with one attached hydrogen (secondary N) is 1. The first-order valence-electron chi connectivity index (χ1n) is 11.0. The van der Waals surface area contributed by atoms with Crippen LogP contribution in [0.1, 0.15) is 47.2 Å². The molecule has 0 fully saturated rings. The van der Waals surface area contributed by atoms with Gasteiger partial charge in [0.2, 0.25) is 5.91 Å². The molecule has 1 unspecified atom stereocenters. The Morgan fingerprint density at radius 2 is 2.21 bits per heavy atom. The van der Waals surface area contributed by atoms with Gasteiger partial charge in [-0.05, 0) is 49.3 Å². The van der Waals surface area contributed by atoms with E-state index in [1.54, 1.807) is 11.3 Å². The van der Waals surface area contributed by atoms with E-state index in [-0.39, 0.29) is 11.7 Å². The van der Waals surface area contributed by atoms with E-state index < -0.39 is 0 Å². The molecule has 9 heteroatoms. The van der Waals surface area contributed by atoms with Crippen molar-refractivity contribution in [2.75, 3.05) is 11.1 Å². The Bertz CT molecular complexity index is 1190. The Kier molecular flexibility index (Phi) is 7.36. The molecule has 0 aliphatic heterocycles. The maximum absolute atomic E-state index is 12.6. The summed E-state index contributed by atoms with van der Waals surface area (Å²) in [4.78, 5) is 13.9. The molecule has 0 saturated carbocycles. The summed E-state index contributed by atoms with van der Waals surface area (Å²) >= 11 is 2.87. The first kappa shape index (κ1) is 23.3. The Balaban J connectivity index is 1.35. The lowest BCUT2D eigenvalue weighted by Gasteiger charge is -2.20. The normalized spacial score (nSPS) is 15.0. The Morgan fingerprint density at radius 1 is 1.39 bits per heavy atom. The second-order valence-corrected chi connectivity index (χ2v) is 10.2. The summed E-state index contributed by atoms with van der Waals surface area (Å²) < 4.78 is 7.70. The molecule has 0 radical (unpaired) electrons. The number of aromatic nitrogens is 3. The van der Waals surface area contributed by atoms with Crippen molar-refractivity contribution in [1.29, 1.82) is 5.26 Å². The highest BCUT2D eigenvalue weighted by Crippen LogP contribution is 2.40. The molecule has 1 aliphatic rings. The van der Waals surface area contributed by atoms with Crippen molar-refractivity contribution in [3.05, 3.63) is 51.7 Å². The number of benzene rings is 1. The van der Waals surface area contributed by atoms with Crippen LogP contribution in [0.4, 0.5) is 5.00 Å². The van der Waals surface area contributed by atoms with Crippen LogP contribution in [0, 0.1) is 24.2 Å². The fourth-order valence-corrected chi connectivity index (χ4v) is 6.02. The van der Waals surface area contributed by atoms with Crippen molar-refractivity contribution in [2.24, 2.45) is 13.0 Å². The van der Waals surface area contributed by atoms with Gasteiger partial charge in [0.15, 0.2) is 11.0 Å². The number of hydrogen-bond acceptors (Lipinski definition) is 7. The summed E-state index contributed by atoms with van der Waals surface area (Å²) in [5.74, 6) is 2.20. The third kappa shape index (κ3) is 5.23. The van der Waals surface area contributed by atoms with Crippen LogP contribution in [0.25, 0.3) is 0 Å². The number of rotatable bonds is 8. The minimum Gasteiger partial charge on any atom is -0.485 e. The van der Waals surface area contributed by atoms with Crippen LogP contribution in [-0.2, 0) is 31.3 Å². The third-order valence-electron chi connectivity index (χ3n) is 6.02. The molecule has 3 aromatic rings. The first-order chi connectivity index (χ1) is 16.0. The van der Waals surface area contributed by atoms with Gasteiger partial charge in [-0.2, -0.15) is 5.26 Å². The molecule has 0 saturated heterocycles. The number of anilines is 1. The van der Waals surface area contributed by atoms with Crippen molar-refractivity contribution < 1.29 is 9.53 Å². The smallest absolute Gasteiger partial charge is 0.235 e. The molecular weight excluding hydrogens is 454 g/mol. The highest BCUT2D eigenvalue weighted by atomic mass is 32.2. The molecule has 172 valence electrons. The summed E-state index contributed by atoms with van der Waals surface area (Å²) in [5.41, 5.74) is 2.82. The number of para-hydroxylation sites is 1. The zero-order chi connectivity index (χ0) is 23.4. The summed E-state index contributed by atoms with van der Waals surface area (Å²) in [6, 6.07) is 10.1. The number of aryl methyl sites for hydroxylation is 1. The topological polar surface area (TPSA) is 92.8 Å². The molecule has 2 heterocycles. The number of carbonyl (C=O) groups excluding carboxylic acids is 1. The highest BCUT2D eigenvalue weighted by molar-refractivity contribution is 7.99. The van der Waals surface area contributed by atoms with Gasteiger partial charge in [-0.1, -0.05) is 43.3 Å². The van der Waals surface area contributed by atoms with Gasteiger partial charge >= 0.3 is 0 Å². The predicted octanol–water partition coefficient (Wildman–Crippen LogP) is 4.88. The minimum absolute atomic E-state index is 0.150. The number of amides is 1. The van der Waals surface area contributed by atoms with Crippen molar-refractivity contribution in [1.82, 2.24) is 14.8 Å². The van der Waals surface area contributed by atoms with Gasteiger partial charge in [0, 0.05) is 11.9 Å². The molecule has 1 aromatic carbocycles. The molecule has 0 bridgehead atoms. The number of ether oxygens (including phenoxy) is 1. The quantitative estimate of drug-likeness (QED) is 0.461. The molecule has 2 aromatic heterocycles. The molecule has 1 N–H and O–H groups in total. The Morgan fingerprint density at radius 3 is 2.97 bits per heavy atom. The summed E-state index contributed by atoms with van der Waals surface area (Å²) in [5, 5.41) is 22.3. The van der Waals surface area contributed by atoms with E-state index in [0.29, 0.717) is 34.1 Å². The van der Waals surface area contributed by atoms with E-state index >= 15 is 0 Å². The van der Waals surface area contributed by atoms with E-state index in [0.717, 1.165) is 42.6 Å². The maximum Gasteiger partial charge on any atom is 0.235 e. The zero-order valence-corrected chi connectivity index (χ0v) is 20.7. The average Bonchev–Trinajstić information content (AvgIpc) is 3.35. The monoisotopic (exact) mass is 481 g/mol. The van der Waals surface area contributed by atoms with Crippen LogP contribution in [0.15, 0.2) is 29.4 Å². The lowest BCUT2D eigenvalue weighted by atomic mass is 9.86. The highest BCUT2D eigenvalue weighted by Gasteiger charge is 2.26. The molecule has 1 amide bonds. The number of carbonyl (C=O) groups is 1. The lowest BCUT2D eigenvalue weighted by molar-refractivity contribution is -0.113. The van der Waals surface area contributed by atoms with Gasteiger partial charge in [-0.3, -0.25) is 4.79 Å². The number of hydrogen-bond donors (Lipinski definition) is 1. The van der Waals surface area contributed by atoms with E-state index in [9.17, 15) is 10.1 Å². The van der Waals surface area contributed by atoms with Crippen molar-refractivity contribution in [3.63, 3.8) is 0 Å². The van der Waals surface area contributed by atoms with Crippen LogP contribution < -0.4 is 10.1 Å². The van der Waals surface area contributed by atoms with Crippen LogP contribution in [0.5, 0.6) is 5.75 Å². The van der Waals surface area contributed by atoms with Crippen molar-refractivity contribution in [3.8, 4) is 11.8 Å². The Labute approximate surface area is 202 Å². The van der Waals surface area contributed by atoms with E-state index in [1.807, 2.05) is 42.8 Å². The fourth-order valence-electron chi connectivity index (χ4n) is 3.96. The summed E-state index contributed by atoms with van der Waals surface area (Å²) in [7, 11) is 1.86. The third-order valence-corrected chi connectivity index (χ3v) is 8.21. The molecule has 7 nitrogen and oxygen atoms in total. The molecule has 0 spiro atoms. The van der Waals surface area contributed by atoms with Crippen LogP contribution in [0.3, 0.4) is 0 Å². The van der Waals surface area contributed by atoms with Gasteiger partial charge in [0.05, 0.1) is 11.3 Å². The van der Waals surface area contributed by atoms with Gasteiger partial charge in [0.25, 0.3) is 0 Å². The largest absolute Gasteiger partial charge is 0.485 e. The fraction of sp³-hybridized carbons (Fsp3) is 0.417. The SMILES string of the molecule is CCC1CCc2c(sc(NC(=O)CSc3nnc(COc4ccccc4C)n3C)c2C#N)C1. The number of nitriles is 1. The van der Waals surface area contributed by atoms with E-state index in [1.165, 1.54) is 16.6 Å². The Hall–Kier alpha value is -2.83. The standard InChI is InChI=1S/C24H27N5O2S2/c1-4-16-9-10-17-18(12-25)23(33-20(17)11-16)26-22(30)14-32-24-28-27-21(29(24)3)13-31-19-8-6-5-7-15(19)2/h5-8,16H,4,9-11,13-14H2,1-3H3,(H,26,30). The molecule has 1 atom stereocenters. The van der Waals surface area contributed by atoms with E-state index in [2.05, 4.69) is 28.5 Å². The second-order valence-electron chi connectivity index (χ2n) is 8.19. The summed E-state index contributed by atoms with van der Waals surface area (Å²) in [6.45, 7) is 4.50. The zero-order valence-electron chi connectivity index (χ0n) is 19.1. The first-order valence-corrected chi connectivity index (χ1v) is 12.8. The number of thioether (sulfide) groups is 1. The number of thiophene rings is 1. The van der Waals surface area contributed by atoms with Crippen LogP contribution in [0.2, 0.25) is 0 Å². The maximum atomic E-state index is 12.6. The molecule has 33 heavy (non-hydrogen) atoms. The van der Waals surface area contributed by atoms with Crippen molar-refractivity contribution in [2.45, 2.75) is 51.3 Å².